The molecule has 2 rings (SSSR count). The van der Waals surface area contributed by atoms with Crippen LogP contribution in [0.4, 0.5) is 5.69 Å². The molecule has 1 amide bonds. The van der Waals surface area contributed by atoms with Crippen molar-refractivity contribution in [3.63, 3.8) is 0 Å². The molecule has 0 spiro atoms. The number of rotatable bonds is 7. The molecule has 0 radical (unpaired) electrons. The van der Waals surface area contributed by atoms with Gasteiger partial charge in [-0.3, -0.25) is 4.79 Å². The van der Waals surface area contributed by atoms with Crippen LogP contribution in [0.3, 0.4) is 0 Å². The monoisotopic (exact) mass is 355 g/mol. The fourth-order valence-electron chi connectivity index (χ4n) is 2.49. The lowest BCUT2D eigenvalue weighted by Crippen LogP contribution is -2.20. The van der Waals surface area contributed by atoms with Crippen molar-refractivity contribution >= 4 is 17.6 Å². The number of anilines is 1. The second-order valence-corrected chi connectivity index (χ2v) is 6.26. The van der Waals surface area contributed by atoms with Gasteiger partial charge in [-0.1, -0.05) is 19.1 Å². The van der Waals surface area contributed by atoms with Crippen molar-refractivity contribution in [3.8, 4) is 5.75 Å². The molecule has 0 saturated carbocycles. The summed E-state index contributed by atoms with van der Waals surface area (Å²) in [6, 6.07) is 10.7. The molecule has 5 nitrogen and oxygen atoms in total. The summed E-state index contributed by atoms with van der Waals surface area (Å²) in [7, 11) is 0. The lowest BCUT2D eigenvalue weighted by atomic mass is 10.1. The van der Waals surface area contributed by atoms with E-state index in [1.807, 2.05) is 33.8 Å². The van der Waals surface area contributed by atoms with Crippen LogP contribution in [0, 0.1) is 20.8 Å². The Morgan fingerprint density at radius 1 is 1.08 bits per heavy atom. The van der Waals surface area contributed by atoms with Gasteiger partial charge in [0, 0.05) is 5.69 Å². The maximum atomic E-state index is 12.2. The Morgan fingerprint density at radius 3 is 2.58 bits per heavy atom. The van der Waals surface area contributed by atoms with E-state index in [-0.39, 0.29) is 12.5 Å². The van der Waals surface area contributed by atoms with Crippen LogP contribution in [0.15, 0.2) is 36.4 Å². The summed E-state index contributed by atoms with van der Waals surface area (Å²) >= 11 is 0. The zero-order valence-electron chi connectivity index (χ0n) is 15.7. The zero-order valence-corrected chi connectivity index (χ0v) is 15.7. The van der Waals surface area contributed by atoms with Crippen molar-refractivity contribution in [2.75, 3.05) is 18.5 Å². The number of ether oxygens (including phenoxy) is 2. The molecule has 0 aliphatic heterocycles. The summed E-state index contributed by atoms with van der Waals surface area (Å²) in [6.07, 6.45) is 0.761. The Bertz CT molecular complexity index is 799. The number of amides is 1. The van der Waals surface area contributed by atoms with E-state index < -0.39 is 5.97 Å². The molecule has 0 fully saturated rings. The van der Waals surface area contributed by atoms with Gasteiger partial charge < -0.3 is 14.8 Å². The minimum Gasteiger partial charge on any atom is -0.483 e. The minimum atomic E-state index is -0.398. The minimum absolute atomic E-state index is 0.103. The summed E-state index contributed by atoms with van der Waals surface area (Å²) in [4.78, 5) is 24.1. The highest BCUT2D eigenvalue weighted by Crippen LogP contribution is 2.23. The number of esters is 1. The fourth-order valence-corrected chi connectivity index (χ4v) is 2.49. The number of nitrogens with one attached hydrogen (secondary N) is 1. The molecule has 0 bridgehead atoms. The predicted molar refractivity (Wildman–Crippen MR) is 102 cm³/mol. The van der Waals surface area contributed by atoms with Gasteiger partial charge in [0.15, 0.2) is 6.61 Å². The van der Waals surface area contributed by atoms with E-state index in [0.717, 1.165) is 23.1 Å². The maximum Gasteiger partial charge on any atom is 0.338 e. The summed E-state index contributed by atoms with van der Waals surface area (Å²) in [5.74, 6) is 0.0160. The van der Waals surface area contributed by atoms with E-state index in [2.05, 4.69) is 11.4 Å². The summed E-state index contributed by atoms with van der Waals surface area (Å²) in [6.45, 7) is 8.17. The number of aryl methyl sites for hydroxylation is 2. The largest absolute Gasteiger partial charge is 0.483 e. The van der Waals surface area contributed by atoms with E-state index in [1.165, 1.54) is 0 Å². The Kier molecular flexibility index (Phi) is 6.78. The molecule has 138 valence electrons. The smallest absolute Gasteiger partial charge is 0.338 e. The third-order valence-electron chi connectivity index (χ3n) is 3.94. The highest BCUT2D eigenvalue weighted by molar-refractivity contribution is 5.95. The van der Waals surface area contributed by atoms with Crippen LogP contribution >= 0.6 is 0 Å². The first kappa shape index (κ1) is 19.5. The number of carbonyl (C=O) groups excluding carboxylic acids is 2. The van der Waals surface area contributed by atoms with Crippen molar-refractivity contribution < 1.29 is 19.1 Å². The molecule has 2 aromatic carbocycles. The molecule has 0 saturated heterocycles. The zero-order chi connectivity index (χ0) is 19.1. The Labute approximate surface area is 154 Å². The summed E-state index contributed by atoms with van der Waals surface area (Å²) < 4.78 is 10.8. The van der Waals surface area contributed by atoms with Crippen molar-refractivity contribution in [3.05, 3.63) is 58.7 Å². The highest BCUT2D eigenvalue weighted by atomic mass is 16.5. The molecule has 0 atom stereocenters. The van der Waals surface area contributed by atoms with Crippen LogP contribution in [0.2, 0.25) is 0 Å². The normalized spacial score (nSPS) is 10.3. The third-order valence-corrected chi connectivity index (χ3v) is 3.94. The lowest BCUT2D eigenvalue weighted by molar-refractivity contribution is -0.118. The average molecular weight is 355 g/mol. The van der Waals surface area contributed by atoms with Crippen molar-refractivity contribution in [1.82, 2.24) is 0 Å². The van der Waals surface area contributed by atoms with Crippen LogP contribution in [0.5, 0.6) is 5.75 Å². The number of hydrogen-bond donors (Lipinski definition) is 1. The Morgan fingerprint density at radius 2 is 1.85 bits per heavy atom. The van der Waals surface area contributed by atoms with Gasteiger partial charge >= 0.3 is 5.97 Å². The highest BCUT2D eigenvalue weighted by Gasteiger charge is 2.10. The van der Waals surface area contributed by atoms with Gasteiger partial charge in [-0.05, 0) is 68.1 Å². The quantitative estimate of drug-likeness (QED) is 0.756. The van der Waals surface area contributed by atoms with Crippen molar-refractivity contribution in [1.29, 1.82) is 0 Å². The Hall–Kier alpha value is -2.82. The first-order valence-electron chi connectivity index (χ1n) is 8.68. The first-order valence-corrected chi connectivity index (χ1v) is 8.68. The second-order valence-electron chi connectivity index (χ2n) is 6.26. The van der Waals surface area contributed by atoms with Gasteiger partial charge in [0.25, 0.3) is 5.91 Å². The summed E-state index contributed by atoms with van der Waals surface area (Å²) in [5, 5.41) is 2.74. The van der Waals surface area contributed by atoms with Gasteiger partial charge in [0.1, 0.15) is 5.75 Å². The molecule has 2 aromatic rings. The summed E-state index contributed by atoms with van der Waals surface area (Å²) in [5.41, 5.74) is 4.16. The molecule has 26 heavy (non-hydrogen) atoms. The van der Waals surface area contributed by atoms with Crippen LogP contribution in [-0.2, 0) is 9.53 Å². The SMILES string of the molecule is CCCOC(=O)c1cccc(NC(=O)COc2cc(C)cc(C)c2C)c1. The predicted octanol–water partition coefficient (Wildman–Crippen LogP) is 4.20. The molecule has 5 heteroatoms. The topological polar surface area (TPSA) is 64.6 Å². The molecule has 0 aliphatic carbocycles. The van der Waals surface area contributed by atoms with Gasteiger partial charge in [-0.2, -0.15) is 0 Å². The molecule has 0 unspecified atom stereocenters. The number of carbonyl (C=O) groups is 2. The fraction of sp³-hybridized carbons (Fsp3) is 0.333. The number of hydrogen-bond acceptors (Lipinski definition) is 4. The van der Waals surface area contributed by atoms with Crippen molar-refractivity contribution in [2.24, 2.45) is 0 Å². The first-order chi connectivity index (χ1) is 12.4. The molecular formula is C21H25NO4. The van der Waals surface area contributed by atoms with Crippen LogP contribution in [-0.4, -0.2) is 25.1 Å². The van der Waals surface area contributed by atoms with E-state index in [4.69, 9.17) is 9.47 Å². The second kappa shape index (κ2) is 9.04. The molecule has 0 heterocycles. The molecular weight excluding hydrogens is 330 g/mol. The van der Waals surface area contributed by atoms with Crippen LogP contribution < -0.4 is 10.1 Å². The lowest BCUT2D eigenvalue weighted by Gasteiger charge is -2.12. The van der Waals surface area contributed by atoms with Crippen LogP contribution in [0.25, 0.3) is 0 Å². The average Bonchev–Trinajstić information content (AvgIpc) is 2.61. The molecule has 0 aromatic heterocycles. The van der Waals surface area contributed by atoms with Gasteiger partial charge in [0.05, 0.1) is 12.2 Å². The number of benzene rings is 2. The van der Waals surface area contributed by atoms with E-state index in [0.29, 0.717) is 23.6 Å². The van der Waals surface area contributed by atoms with E-state index >= 15 is 0 Å². The van der Waals surface area contributed by atoms with E-state index in [9.17, 15) is 9.59 Å². The molecule has 0 aliphatic rings. The third kappa shape index (κ3) is 5.34. The van der Waals surface area contributed by atoms with E-state index in [1.54, 1.807) is 24.3 Å². The standard InChI is InChI=1S/C21H25NO4/c1-5-9-25-21(24)17-7-6-8-18(12-17)22-20(23)13-26-19-11-14(2)10-15(3)16(19)4/h6-8,10-12H,5,9,13H2,1-4H3,(H,22,23). The van der Waals surface area contributed by atoms with Crippen molar-refractivity contribution in [2.45, 2.75) is 34.1 Å². The van der Waals surface area contributed by atoms with Gasteiger partial charge in [-0.25, -0.2) is 4.79 Å². The van der Waals surface area contributed by atoms with Gasteiger partial charge in [-0.15, -0.1) is 0 Å². The van der Waals surface area contributed by atoms with Crippen LogP contribution in [0.1, 0.15) is 40.4 Å². The van der Waals surface area contributed by atoms with Gasteiger partial charge in [0.2, 0.25) is 0 Å². The Balaban J connectivity index is 1.97. The molecule has 1 N–H and O–H groups in total. The maximum absolute atomic E-state index is 12.2.